The smallest absolute Gasteiger partial charge is 0.245 e. The summed E-state index contributed by atoms with van der Waals surface area (Å²) in [4.78, 5) is 41.7. The molecule has 0 spiro atoms. The van der Waals surface area contributed by atoms with Crippen LogP contribution in [0.4, 0.5) is 16.2 Å². The molecule has 11 heteroatoms. The van der Waals surface area contributed by atoms with E-state index in [1.54, 1.807) is 23.4 Å². The van der Waals surface area contributed by atoms with Crippen LogP contribution in [0, 0.1) is 0 Å². The minimum atomic E-state index is -0.209. The van der Waals surface area contributed by atoms with Gasteiger partial charge in [-0.05, 0) is 25.3 Å². The van der Waals surface area contributed by atoms with Gasteiger partial charge in [-0.15, -0.1) is 10.2 Å². The number of hydrogen-bond acceptors (Lipinski definition) is 9. The molecule has 3 aliphatic rings. The number of piperazine rings is 1. The van der Waals surface area contributed by atoms with Crippen molar-refractivity contribution in [1.82, 2.24) is 25.1 Å². The summed E-state index contributed by atoms with van der Waals surface area (Å²) in [7, 11) is 0. The van der Waals surface area contributed by atoms with Gasteiger partial charge >= 0.3 is 0 Å². The first kappa shape index (κ1) is 19.2. The summed E-state index contributed by atoms with van der Waals surface area (Å²) in [5.74, 6) is 0.965. The zero-order valence-corrected chi connectivity index (χ0v) is 17.5. The van der Waals surface area contributed by atoms with E-state index in [0.717, 1.165) is 44.0 Å². The van der Waals surface area contributed by atoms with E-state index < -0.39 is 0 Å². The summed E-state index contributed by atoms with van der Waals surface area (Å²) in [6.07, 6.45) is 6.67. The van der Waals surface area contributed by atoms with E-state index in [4.69, 9.17) is 0 Å². The number of amides is 2. The van der Waals surface area contributed by atoms with Crippen molar-refractivity contribution in [3.63, 3.8) is 0 Å². The molecule has 0 N–H and O–H groups in total. The molecule has 5 rings (SSSR count). The first-order chi connectivity index (χ1) is 14.7. The molecule has 3 saturated heterocycles. The van der Waals surface area contributed by atoms with Gasteiger partial charge in [0.1, 0.15) is 6.04 Å². The van der Waals surface area contributed by atoms with Crippen LogP contribution >= 0.6 is 11.3 Å². The highest BCUT2D eigenvalue weighted by atomic mass is 32.1. The average molecular weight is 429 g/mol. The van der Waals surface area contributed by atoms with Crippen molar-refractivity contribution < 1.29 is 9.59 Å². The highest BCUT2D eigenvalue weighted by molar-refractivity contribution is 7.19. The maximum Gasteiger partial charge on any atom is 0.245 e. The maximum atomic E-state index is 13.3. The average Bonchev–Trinajstić information content (AvgIpc) is 3.54. The van der Waals surface area contributed by atoms with Gasteiger partial charge < -0.3 is 14.7 Å². The molecular formula is C19H24N8O2S. The van der Waals surface area contributed by atoms with E-state index in [-0.39, 0.29) is 17.9 Å². The Morgan fingerprint density at radius 2 is 1.73 bits per heavy atom. The van der Waals surface area contributed by atoms with Crippen LogP contribution in [-0.2, 0) is 9.59 Å². The van der Waals surface area contributed by atoms with Crippen molar-refractivity contribution in [3.8, 4) is 0 Å². The number of rotatable bonds is 4. The van der Waals surface area contributed by atoms with Crippen LogP contribution in [0.5, 0.6) is 0 Å². The van der Waals surface area contributed by atoms with E-state index >= 15 is 0 Å². The monoisotopic (exact) mass is 428 g/mol. The molecular weight excluding hydrogens is 404 g/mol. The van der Waals surface area contributed by atoms with Crippen molar-refractivity contribution in [2.24, 2.45) is 0 Å². The van der Waals surface area contributed by atoms with Gasteiger partial charge in [0.2, 0.25) is 28.0 Å². The van der Waals surface area contributed by atoms with Gasteiger partial charge in [0, 0.05) is 58.1 Å². The van der Waals surface area contributed by atoms with Crippen molar-refractivity contribution in [2.45, 2.75) is 31.7 Å². The molecule has 2 aromatic rings. The molecule has 0 saturated carbocycles. The molecule has 158 valence electrons. The molecule has 0 aliphatic carbocycles. The quantitative estimate of drug-likeness (QED) is 0.704. The van der Waals surface area contributed by atoms with E-state index in [1.165, 1.54) is 11.3 Å². The Labute approximate surface area is 178 Å². The molecule has 0 unspecified atom stereocenters. The van der Waals surface area contributed by atoms with Crippen LogP contribution < -0.4 is 14.7 Å². The molecule has 10 nitrogen and oxygen atoms in total. The maximum absolute atomic E-state index is 13.3. The van der Waals surface area contributed by atoms with Gasteiger partial charge in [-0.2, -0.15) is 0 Å². The lowest BCUT2D eigenvalue weighted by atomic mass is 10.1. The Balaban J connectivity index is 1.24. The van der Waals surface area contributed by atoms with E-state index in [9.17, 15) is 9.59 Å². The lowest BCUT2D eigenvalue weighted by Crippen LogP contribution is -2.54. The van der Waals surface area contributed by atoms with Gasteiger partial charge in [0.25, 0.3) is 0 Å². The first-order valence-corrected chi connectivity index (χ1v) is 11.2. The molecule has 3 fully saturated rings. The Morgan fingerprint density at radius 3 is 2.47 bits per heavy atom. The number of carbonyl (C=O) groups is 2. The van der Waals surface area contributed by atoms with Gasteiger partial charge in [0.05, 0.1) is 0 Å². The number of carbonyl (C=O) groups excluding carboxylic acids is 2. The van der Waals surface area contributed by atoms with Crippen molar-refractivity contribution in [1.29, 1.82) is 0 Å². The lowest BCUT2D eigenvalue weighted by molar-refractivity contribution is -0.132. The fourth-order valence-corrected chi connectivity index (χ4v) is 5.29. The van der Waals surface area contributed by atoms with Crippen LogP contribution in [0.3, 0.4) is 0 Å². The van der Waals surface area contributed by atoms with E-state index in [1.807, 2.05) is 4.90 Å². The Kier molecular flexibility index (Phi) is 5.19. The zero-order valence-electron chi connectivity index (χ0n) is 16.7. The second-order valence-corrected chi connectivity index (χ2v) is 8.66. The van der Waals surface area contributed by atoms with Crippen LogP contribution in [-0.4, -0.2) is 82.2 Å². The van der Waals surface area contributed by atoms with E-state index in [2.05, 4.69) is 30.0 Å². The Bertz CT molecular complexity index is 914. The second-order valence-electron chi connectivity index (χ2n) is 7.73. The van der Waals surface area contributed by atoms with Gasteiger partial charge in [-0.25, -0.2) is 9.97 Å². The topological polar surface area (TPSA) is 98.7 Å². The summed E-state index contributed by atoms with van der Waals surface area (Å²) in [5, 5.41) is 9.92. The fourth-order valence-electron chi connectivity index (χ4n) is 4.33. The van der Waals surface area contributed by atoms with E-state index in [0.29, 0.717) is 37.1 Å². The van der Waals surface area contributed by atoms with Crippen LogP contribution in [0.2, 0.25) is 0 Å². The van der Waals surface area contributed by atoms with Gasteiger partial charge in [0.15, 0.2) is 0 Å². The summed E-state index contributed by atoms with van der Waals surface area (Å²) in [6, 6.07) is 1.59. The summed E-state index contributed by atoms with van der Waals surface area (Å²) in [6.45, 7) is 4.25. The highest BCUT2D eigenvalue weighted by Crippen LogP contribution is 2.34. The summed E-state index contributed by atoms with van der Waals surface area (Å²) < 4.78 is 0. The van der Waals surface area contributed by atoms with Gasteiger partial charge in [-0.1, -0.05) is 11.3 Å². The Hall–Kier alpha value is -2.82. The molecule has 30 heavy (non-hydrogen) atoms. The van der Waals surface area contributed by atoms with Gasteiger partial charge in [-0.3, -0.25) is 14.5 Å². The molecule has 0 aromatic carbocycles. The molecule has 1 atom stereocenters. The van der Waals surface area contributed by atoms with Crippen LogP contribution in [0.25, 0.3) is 0 Å². The molecule has 2 amide bonds. The van der Waals surface area contributed by atoms with Crippen LogP contribution in [0.15, 0.2) is 18.5 Å². The summed E-state index contributed by atoms with van der Waals surface area (Å²) >= 11 is 1.41. The number of anilines is 3. The second kappa shape index (κ2) is 8.13. The molecule has 3 aliphatic heterocycles. The Morgan fingerprint density at radius 1 is 0.967 bits per heavy atom. The number of hydrogen-bond donors (Lipinski definition) is 0. The largest absolute Gasteiger partial charge is 0.337 e. The van der Waals surface area contributed by atoms with Crippen molar-refractivity contribution >= 4 is 39.4 Å². The fraction of sp³-hybridized carbons (Fsp3) is 0.579. The predicted octanol–water partition coefficient (Wildman–Crippen LogP) is 0.772. The molecule has 0 radical (unpaired) electrons. The minimum absolute atomic E-state index is 0.104. The van der Waals surface area contributed by atoms with Crippen molar-refractivity contribution in [3.05, 3.63) is 18.5 Å². The number of nitrogens with zero attached hydrogens (tertiary/aromatic N) is 8. The highest BCUT2D eigenvalue weighted by Gasteiger charge is 2.37. The third-order valence-electron chi connectivity index (χ3n) is 5.92. The number of aromatic nitrogens is 4. The molecule has 5 heterocycles. The molecule has 2 aromatic heterocycles. The minimum Gasteiger partial charge on any atom is -0.337 e. The van der Waals surface area contributed by atoms with Crippen molar-refractivity contribution in [2.75, 3.05) is 54.0 Å². The predicted molar refractivity (Wildman–Crippen MR) is 113 cm³/mol. The van der Waals surface area contributed by atoms with Crippen LogP contribution in [0.1, 0.15) is 25.7 Å². The zero-order chi connectivity index (χ0) is 20.5. The first-order valence-electron chi connectivity index (χ1n) is 10.4. The molecule has 0 bridgehead atoms. The standard InChI is InChI=1S/C19H24N8O2S/c28-15-5-2-9-27(15)19-23-22-18(30-19)26-8-1-4-14(26)16(29)24-10-12-25(13-11-24)17-20-6-3-7-21-17/h3,6-7,14H,1-2,4-5,8-13H2/t14-/m1/s1. The SMILES string of the molecule is O=C([C@H]1CCCN1c1nnc(N2CCCC2=O)s1)N1CCN(c2ncccn2)CC1. The lowest BCUT2D eigenvalue weighted by Gasteiger charge is -2.37. The summed E-state index contributed by atoms with van der Waals surface area (Å²) in [5.41, 5.74) is 0. The normalized spacial score (nSPS) is 22.3. The third kappa shape index (κ3) is 3.57. The third-order valence-corrected chi connectivity index (χ3v) is 6.90.